The molecule has 4 nitrogen and oxygen atoms in total. The van der Waals surface area contributed by atoms with E-state index in [1.54, 1.807) is 24.6 Å². The normalized spacial score (nSPS) is 29.1. The summed E-state index contributed by atoms with van der Waals surface area (Å²) in [6.07, 6.45) is 5.85. The molecule has 0 heterocycles. The van der Waals surface area contributed by atoms with Crippen LogP contribution in [0.1, 0.15) is 50.4 Å². The van der Waals surface area contributed by atoms with Crippen molar-refractivity contribution in [2.75, 3.05) is 17.7 Å². The van der Waals surface area contributed by atoms with Gasteiger partial charge in [0.2, 0.25) is 0 Å². The van der Waals surface area contributed by atoms with Crippen molar-refractivity contribution in [1.82, 2.24) is 0 Å². The Kier molecular flexibility index (Phi) is 4.09. The average molecular weight is 314 g/mol. The first-order chi connectivity index (χ1) is 10.9. The van der Waals surface area contributed by atoms with Gasteiger partial charge in [-0.05, 0) is 63.1 Å². The van der Waals surface area contributed by atoms with E-state index < -0.39 is 0 Å². The molecule has 0 amide bonds. The van der Waals surface area contributed by atoms with E-state index in [9.17, 15) is 4.79 Å². The van der Waals surface area contributed by atoms with Crippen LogP contribution >= 0.6 is 0 Å². The van der Waals surface area contributed by atoms with Gasteiger partial charge in [-0.15, -0.1) is 0 Å². The number of nitrogens with one attached hydrogen (secondary N) is 1. The summed E-state index contributed by atoms with van der Waals surface area (Å²) in [7, 11) is 0. The van der Waals surface area contributed by atoms with Crippen LogP contribution in [0.2, 0.25) is 0 Å². The van der Waals surface area contributed by atoms with Crippen LogP contribution in [0.15, 0.2) is 29.8 Å². The molecule has 124 valence electrons. The largest absolute Gasteiger partial charge is 0.462 e. The van der Waals surface area contributed by atoms with Crippen LogP contribution in [0.4, 0.5) is 11.4 Å². The van der Waals surface area contributed by atoms with E-state index in [2.05, 4.69) is 25.2 Å². The van der Waals surface area contributed by atoms with Gasteiger partial charge < -0.3 is 15.8 Å². The lowest BCUT2D eigenvalue weighted by Gasteiger charge is -2.47. The molecule has 0 aromatic heterocycles. The lowest BCUT2D eigenvalue weighted by molar-refractivity contribution is 0.0526. The molecule has 1 aromatic carbocycles. The number of carbonyl (C=O) groups is 1. The third-order valence-corrected chi connectivity index (χ3v) is 5.16. The standard InChI is InChI=1S/C19H26N2O2/c1-4-23-18(22)13-5-6-17(16(20)10-13)21-19(3)8-7-15-12(2)9-14(15)11-19/h5-7,10,12,14,21H,4,8-9,11,20H2,1-3H3. The van der Waals surface area contributed by atoms with Gasteiger partial charge in [-0.3, -0.25) is 0 Å². The maximum Gasteiger partial charge on any atom is 0.338 e. The zero-order valence-corrected chi connectivity index (χ0v) is 14.2. The first-order valence-corrected chi connectivity index (χ1v) is 8.46. The van der Waals surface area contributed by atoms with Gasteiger partial charge in [-0.2, -0.15) is 0 Å². The lowest BCUT2D eigenvalue weighted by atomic mass is 9.62. The summed E-state index contributed by atoms with van der Waals surface area (Å²) < 4.78 is 5.01. The Morgan fingerprint density at radius 2 is 2.26 bits per heavy atom. The number of anilines is 2. The number of nitrogen functional groups attached to an aromatic ring is 1. The minimum atomic E-state index is -0.328. The first-order valence-electron chi connectivity index (χ1n) is 8.46. The van der Waals surface area contributed by atoms with Gasteiger partial charge in [0, 0.05) is 5.54 Å². The molecule has 0 aliphatic heterocycles. The summed E-state index contributed by atoms with van der Waals surface area (Å²) in [4.78, 5) is 11.8. The zero-order valence-electron chi connectivity index (χ0n) is 14.2. The number of fused-ring (bicyclic) bond motifs is 1. The summed E-state index contributed by atoms with van der Waals surface area (Å²) >= 11 is 0. The fourth-order valence-corrected chi connectivity index (χ4v) is 3.93. The Balaban J connectivity index is 1.73. The van der Waals surface area contributed by atoms with Gasteiger partial charge in [-0.25, -0.2) is 4.79 Å². The highest BCUT2D eigenvalue weighted by atomic mass is 16.5. The van der Waals surface area contributed by atoms with Crippen LogP contribution in [0.5, 0.6) is 0 Å². The van der Waals surface area contributed by atoms with Crippen LogP contribution in [0, 0.1) is 11.8 Å². The van der Waals surface area contributed by atoms with E-state index >= 15 is 0 Å². The second-order valence-electron chi connectivity index (χ2n) is 7.15. The van der Waals surface area contributed by atoms with Crippen molar-refractivity contribution in [3.63, 3.8) is 0 Å². The van der Waals surface area contributed by atoms with E-state index in [1.165, 1.54) is 6.42 Å². The molecule has 1 aromatic rings. The zero-order chi connectivity index (χ0) is 16.6. The Morgan fingerprint density at radius 3 is 2.87 bits per heavy atom. The fourth-order valence-electron chi connectivity index (χ4n) is 3.93. The van der Waals surface area contributed by atoms with Crippen LogP contribution in [-0.2, 0) is 4.74 Å². The molecule has 1 fully saturated rings. The minimum absolute atomic E-state index is 0.0217. The predicted octanol–water partition coefficient (Wildman–Crippen LogP) is 3.99. The van der Waals surface area contributed by atoms with E-state index in [4.69, 9.17) is 10.5 Å². The molecule has 0 bridgehead atoms. The Labute approximate surface area is 138 Å². The van der Waals surface area contributed by atoms with Crippen molar-refractivity contribution < 1.29 is 9.53 Å². The van der Waals surface area contributed by atoms with E-state index in [0.717, 1.165) is 30.4 Å². The predicted molar refractivity (Wildman–Crippen MR) is 93.4 cm³/mol. The Hall–Kier alpha value is -1.97. The quantitative estimate of drug-likeness (QED) is 0.501. The molecule has 1 saturated carbocycles. The third kappa shape index (κ3) is 3.07. The maximum atomic E-state index is 11.8. The lowest BCUT2D eigenvalue weighted by Crippen LogP contribution is -2.44. The maximum absolute atomic E-state index is 11.8. The summed E-state index contributed by atoms with van der Waals surface area (Å²) in [5.74, 6) is 1.15. The van der Waals surface area contributed by atoms with Crippen LogP contribution in [0.25, 0.3) is 0 Å². The van der Waals surface area contributed by atoms with Crippen molar-refractivity contribution in [1.29, 1.82) is 0 Å². The molecular weight excluding hydrogens is 288 g/mol. The number of rotatable bonds is 4. The molecule has 3 N–H and O–H groups in total. The van der Waals surface area contributed by atoms with E-state index in [1.807, 2.05) is 6.07 Å². The van der Waals surface area contributed by atoms with E-state index in [0.29, 0.717) is 17.9 Å². The van der Waals surface area contributed by atoms with Gasteiger partial charge in [0.15, 0.2) is 0 Å². The number of ether oxygens (including phenoxy) is 1. The Bertz CT molecular complexity index is 653. The third-order valence-electron chi connectivity index (χ3n) is 5.16. The van der Waals surface area contributed by atoms with Crippen LogP contribution in [-0.4, -0.2) is 18.1 Å². The van der Waals surface area contributed by atoms with Gasteiger partial charge >= 0.3 is 5.97 Å². The molecule has 4 heteroatoms. The fraction of sp³-hybridized carbons (Fsp3) is 0.526. The summed E-state index contributed by atoms with van der Waals surface area (Å²) in [6, 6.07) is 5.35. The molecule has 3 unspecified atom stereocenters. The molecule has 0 saturated heterocycles. The van der Waals surface area contributed by atoms with Crippen molar-refractivity contribution in [3.05, 3.63) is 35.4 Å². The number of benzene rings is 1. The highest BCUT2D eigenvalue weighted by molar-refractivity contribution is 5.92. The SMILES string of the molecule is CCOC(=O)c1ccc(NC2(C)CC=C3C(C)CC3C2)c(N)c1. The number of allylic oxidation sites excluding steroid dienone is 1. The van der Waals surface area contributed by atoms with Crippen molar-refractivity contribution in [2.45, 2.75) is 45.6 Å². The van der Waals surface area contributed by atoms with E-state index in [-0.39, 0.29) is 11.5 Å². The van der Waals surface area contributed by atoms with Gasteiger partial charge in [0.25, 0.3) is 0 Å². The second kappa shape index (κ2) is 5.91. The number of nitrogens with two attached hydrogens (primary N) is 1. The summed E-state index contributed by atoms with van der Waals surface area (Å²) in [6.45, 7) is 6.72. The van der Waals surface area contributed by atoms with Crippen LogP contribution in [0.3, 0.4) is 0 Å². The number of carbonyl (C=O) groups excluding carboxylic acids is 1. The molecule has 3 rings (SSSR count). The summed E-state index contributed by atoms with van der Waals surface area (Å²) in [5, 5.41) is 3.60. The molecular formula is C19H26N2O2. The monoisotopic (exact) mass is 314 g/mol. The van der Waals surface area contributed by atoms with Gasteiger partial charge in [0.1, 0.15) is 0 Å². The highest BCUT2D eigenvalue weighted by Crippen LogP contribution is 2.49. The van der Waals surface area contributed by atoms with Gasteiger partial charge in [0.05, 0.1) is 23.5 Å². The molecule has 0 radical (unpaired) electrons. The van der Waals surface area contributed by atoms with Crippen LogP contribution < -0.4 is 11.1 Å². The topological polar surface area (TPSA) is 64.3 Å². The molecule has 0 spiro atoms. The van der Waals surface area contributed by atoms with Crippen molar-refractivity contribution in [3.8, 4) is 0 Å². The highest BCUT2D eigenvalue weighted by Gasteiger charge is 2.41. The minimum Gasteiger partial charge on any atom is -0.462 e. The van der Waals surface area contributed by atoms with Crippen molar-refractivity contribution >= 4 is 17.3 Å². The summed E-state index contributed by atoms with van der Waals surface area (Å²) in [5.41, 5.74) is 9.78. The van der Waals surface area contributed by atoms with Gasteiger partial charge in [-0.1, -0.05) is 18.6 Å². The number of hydrogen-bond donors (Lipinski definition) is 2. The second-order valence-corrected chi connectivity index (χ2v) is 7.15. The molecule has 2 aliphatic carbocycles. The molecule has 2 aliphatic rings. The van der Waals surface area contributed by atoms with Crippen molar-refractivity contribution in [2.24, 2.45) is 11.8 Å². The molecule has 23 heavy (non-hydrogen) atoms. The average Bonchev–Trinajstić information content (AvgIpc) is 2.48. The first kappa shape index (κ1) is 15.9. The number of esters is 1. The Morgan fingerprint density at radius 1 is 1.48 bits per heavy atom. The molecule has 3 atom stereocenters. The number of hydrogen-bond acceptors (Lipinski definition) is 4. The smallest absolute Gasteiger partial charge is 0.338 e.